The fourth-order valence-corrected chi connectivity index (χ4v) is 1.13. The quantitative estimate of drug-likeness (QED) is 0.679. The molecule has 0 bridgehead atoms. The predicted octanol–water partition coefficient (Wildman–Crippen LogP) is 2.13. The molecule has 1 aromatic heterocycles. The van der Waals surface area contributed by atoms with Gasteiger partial charge in [-0.1, -0.05) is 11.6 Å². The van der Waals surface area contributed by atoms with Gasteiger partial charge in [-0.25, -0.2) is 4.98 Å². The molecule has 5 nitrogen and oxygen atoms in total. The number of halogens is 4. The summed E-state index contributed by atoms with van der Waals surface area (Å²) in [6, 6.07) is 0.526. The van der Waals surface area contributed by atoms with E-state index in [0.29, 0.717) is 12.3 Å². The van der Waals surface area contributed by atoms with Gasteiger partial charge in [0.1, 0.15) is 11.4 Å². The number of esters is 1. The van der Waals surface area contributed by atoms with Crippen LogP contribution in [0.4, 0.5) is 13.2 Å². The van der Waals surface area contributed by atoms with Gasteiger partial charge in [-0.3, -0.25) is 9.59 Å². The molecular formula is C9H5ClF3NO4. The van der Waals surface area contributed by atoms with E-state index in [1.165, 1.54) is 0 Å². The van der Waals surface area contributed by atoms with Crippen molar-refractivity contribution in [2.45, 2.75) is 12.6 Å². The van der Waals surface area contributed by atoms with E-state index in [-0.39, 0.29) is 0 Å². The summed E-state index contributed by atoms with van der Waals surface area (Å²) in [5, 5.41) is 7.74. The molecular weight excluding hydrogens is 279 g/mol. The maximum absolute atomic E-state index is 12.3. The summed E-state index contributed by atoms with van der Waals surface area (Å²) in [6.07, 6.45) is -5.14. The Balaban J connectivity index is 2.87. The Hall–Kier alpha value is -1.83. The van der Waals surface area contributed by atoms with Gasteiger partial charge in [-0.15, -0.1) is 0 Å². The van der Waals surface area contributed by atoms with E-state index >= 15 is 0 Å². The number of carboxylic acids is 1. The number of pyridine rings is 1. The number of hydrogen-bond acceptors (Lipinski definition) is 4. The molecule has 0 unspecified atom stereocenters. The minimum Gasteiger partial charge on any atom is -0.481 e. The highest BCUT2D eigenvalue weighted by molar-refractivity contribution is 6.32. The standard InChI is InChI=1S/C9H5ClF3NO4/c10-5-1-4(9(11,12)13)3-14-8(5)18-7(17)2-6(15)16/h1,3H,2H2,(H,15,16). The topological polar surface area (TPSA) is 76.5 Å². The van der Waals surface area contributed by atoms with Crippen LogP contribution in [0, 0.1) is 0 Å². The number of aliphatic carboxylic acids is 1. The highest BCUT2D eigenvalue weighted by Crippen LogP contribution is 2.33. The van der Waals surface area contributed by atoms with Gasteiger partial charge in [0, 0.05) is 6.20 Å². The summed E-state index contributed by atoms with van der Waals surface area (Å²) in [6.45, 7) is 0. The van der Waals surface area contributed by atoms with Gasteiger partial charge in [0.15, 0.2) is 0 Å². The number of aromatic nitrogens is 1. The fourth-order valence-electron chi connectivity index (χ4n) is 0.923. The summed E-state index contributed by atoms with van der Waals surface area (Å²) >= 11 is 5.43. The van der Waals surface area contributed by atoms with Gasteiger partial charge in [-0.2, -0.15) is 13.2 Å². The first-order valence-corrected chi connectivity index (χ1v) is 4.73. The number of carbonyl (C=O) groups is 2. The molecule has 1 rings (SSSR count). The molecule has 0 saturated heterocycles. The molecule has 0 amide bonds. The third-order valence-electron chi connectivity index (χ3n) is 1.64. The number of rotatable bonds is 3. The van der Waals surface area contributed by atoms with Crippen LogP contribution in [0.2, 0.25) is 5.02 Å². The number of hydrogen-bond donors (Lipinski definition) is 1. The van der Waals surface area contributed by atoms with Crippen molar-refractivity contribution in [3.8, 4) is 5.88 Å². The third-order valence-corrected chi connectivity index (χ3v) is 1.91. The molecule has 98 valence electrons. The van der Waals surface area contributed by atoms with Crippen molar-refractivity contribution < 1.29 is 32.6 Å². The summed E-state index contributed by atoms with van der Waals surface area (Å²) in [7, 11) is 0. The van der Waals surface area contributed by atoms with Crippen LogP contribution in [0.1, 0.15) is 12.0 Å². The average molecular weight is 284 g/mol. The molecule has 9 heteroatoms. The highest BCUT2D eigenvalue weighted by Gasteiger charge is 2.32. The third kappa shape index (κ3) is 3.88. The Morgan fingerprint density at radius 2 is 2.06 bits per heavy atom. The van der Waals surface area contributed by atoms with Gasteiger partial charge >= 0.3 is 18.1 Å². The Morgan fingerprint density at radius 3 is 2.50 bits per heavy atom. The van der Waals surface area contributed by atoms with Crippen LogP contribution in [0.25, 0.3) is 0 Å². The molecule has 0 aliphatic carbocycles. The number of carboxylic acid groups (broad SMARTS) is 1. The van der Waals surface area contributed by atoms with Crippen LogP contribution in [-0.4, -0.2) is 22.0 Å². The first-order valence-electron chi connectivity index (χ1n) is 4.35. The van der Waals surface area contributed by atoms with E-state index in [0.717, 1.165) is 0 Å². The van der Waals surface area contributed by atoms with Crippen molar-refractivity contribution in [3.05, 3.63) is 22.8 Å². The van der Waals surface area contributed by atoms with E-state index in [1.54, 1.807) is 0 Å². The SMILES string of the molecule is O=C(O)CC(=O)Oc1ncc(C(F)(F)F)cc1Cl. The van der Waals surface area contributed by atoms with Gasteiger partial charge in [0.25, 0.3) is 0 Å². The van der Waals surface area contributed by atoms with Crippen molar-refractivity contribution in [1.29, 1.82) is 0 Å². The zero-order valence-corrected chi connectivity index (χ0v) is 9.25. The minimum atomic E-state index is -4.62. The highest BCUT2D eigenvalue weighted by atomic mass is 35.5. The average Bonchev–Trinajstić information content (AvgIpc) is 2.18. The van der Waals surface area contributed by atoms with Crippen molar-refractivity contribution in [2.75, 3.05) is 0 Å². The molecule has 0 aromatic carbocycles. The maximum atomic E-state index is 12.3. The largest absolute Gasteiger partial charge is 0.481 e. The molecule has 0 spiro atoms. The van der Waals surface area contributed by atoms with E-state index < -0.39 is 41.0 Å². The van der Waals surface area contributed by atoms with E-state index in [1.807, 2.05) is 0 Å². The number of alkyl halides is 3. The number of ether oxygens (including phenoxy) is 1. The lowest BCUT2D eigenvalue weighted by atomic mass is 10.3. The van der Waals surface area contributed by atoms with E-state index in [9.17, 15) is 22.8 Å². The molecule has 1 heterocycles. The molecule has 0 aliphatic heterocycles. The molecule has 1 aromatic rings. The number of carbonyl (C=O) groups excluding carboxylic acids is 1. The Labute approximate surface area is 103 Å². The molecule has 0 atom stereocenters. The van der Waals surface area contributed by atoms with Crippen molar-refractivity contribution >= 4 is 23.5 Å². The summed E-state index contributed by atoms with van der Waals surface area (Å²) < 4.78 is 41.1. The van der Waals surface area contributed by atoms with Crippen molar-refractivity contribution in [2.24, 2.45) is 0 Å². The van der Waals surface area contributed by atoms with Crippen LogP contribution >= 0.6 is 11.6 Å². The van der Waals surface area contributed by atoms with Gasteiger partial charge in [0.05, 0.1) is 5.56 Å². The summed E-state index contributed by atoms with van der Waals surface area (Å²) in [4.78, 5) is 24.3. The van der Waals surface area contributed by atoms with Crippen LogP contribution in [0.15, 0.2) is 12.3 Å². The Kier molecular flexibility index (Phi) is 4.12. The van der Waals surface area contributed by atoms with Crippen LogP contribution in [0.5, 0.6) is 5.88 Å². The maximum Gasteiger partial charge on any atom is 0.417 e. The van der Waals surface area contributed by atoms with E-state index in [2.05, 4.69) is 9.72 Å². The second-order valence-electron chi connectivity index (χ2n) is 3.05. The zero-order valence-electron chi connectivity index (χ0n) is 8.49. The molecule has 18 heavy (non-hydrogen) atoms. The lowest BCUT2D eigenvalue weighted by Crippen LogP contribution is -2.14. The minimum absolute atomic E-state index is 0.426. The Morgan fingerprint density at radius 1 is 1.44 bits per heavy atom. The molecule has 0 aliphatic rings. The lowest BCUT2D eigenvalue weighted by Gasteiger charge is -2.08. The zero-order chi connectivity index (χ0) is 13.9. The first-order chi connectivity index (χ1) is 8.20. The first kappa shape index (κ1) is 14.2. The Bertz CT molecular complexity index is 489. The fraction of sp³-hybridized carbons (Fsp3) is 0.222. The van der Waals surface area contributed by atoms with Gasteiger partial charge in [0.2, 0.25) is 5.88 Å². The normalized spacial score (nSPS) is 11.1. The monoisotopic (exact) mass is 283 g/mol. The lowest BCUT2D eigenvalue weighted by molar-refractivity contribution is -0.145. The van der Waals surface area contributed by atoms with Crippen LogP contribution in [0.3, 0.4) is 0 Å². The van der Waals surface area contributed by atoms with Crippen LogP contribution in [-0.2, 0) is 15.8 Å². The van der Waals surface area contributed by atoms with Gasteiger partial charge in [-0.05, 0) is 6.07 Å². The molecule has 0 fully saturated rings. The van der Waals surface area contributed by atoms with Crippen molar-refractivity contribution in [3.63, 3.8) is 0 Å². The predicted molar refractivity (Wildman–Crippen MR) is 52.1 cm³/mol. The summed E-state index contributed by atoms with van der Waals surface area (Å²) in [5.74, 6) is -3.20. The number of nitrogens with zero attached hydrogens (tertiary/aromatic N) is 1. The summed E-state index contributed by atoms with van der Waals surface area (Å²) in [5.41, 5.74) is -1.11. The molecule has 0 saturated carbocycles. The molecule has 0 radical (unpaired) electrons. The van der Waals surface area contributed by atoms with Crippen molar-refractivity contribution in [1.82, 2.24) is 4.98 Å². The molecule has 1 N–H and O–H groups in total. The second kappa shape index (κ2) is 5.21. The van der Waals surface area contributed by atoms with Gasteiger partial charge < -0.3 is 9.84 Å². The van der Waals surface area contributed by atoms with Crippen LogP contribution < -0.4 is 4.74 Å². The van der Waals surface area contributed by atoms with E-state index in [4.69, 9.17) is 16.7 Å². The second-order valence-corrected chi connectivity index (χ2v) is 3.46. The smallest absolute Gasteiger partial charge is 0.417 e.